The second-order valence-electron chi connectivity index (χ2n) is 6.59. The van der Waals surface area contributed by atoms with E-state index in [0.29, 0.717) is 18.2 Å². The third kappa shape index (κ3) is 4.27. The highest BCUT2D eigenvalue weighted by Gasteiger charge is 2.20. The number of imidazole rings is 1. The van der Waals surface area contributed by atoms with E-state index in [4.69, 9.17) is 25.7 Å². The Kier molecular flexibility index (Phi) is 5.53. The van der Waals surface area contributed by atoms with E-state index < -0.39 is 0 Å². The summed E-state index contributed by atoms with van der Waals surface area (Å²) >= 11 is 5.92. The first-order valence-corrected chi connectivity index (χ1v) is 9.67. The summed E-state index contributed by atoms with van der Waals surface area (Å²) in [6, 6.07) is 18.1. The first-order chi connectivity index (χ1) is 14.1. The topological polar surface area (TPSA) is 69.3 Å². The Morgan fingerprint density at radius 3 is 2.72 bits per heavy atom. The molecule has 1 atom stereocenters. The molecule has 4 aromatic rings. The highest BCUT2D eigenvalue weighted by molar-refractivity contribution is 6.30. The Hall–Kier alpha value is -3.25. The number of benzene rings is 2. The molecule has 4 rings (SSSR count). The van der Waals surface area contributed by atoms with E-state index in [0.717, 1.165) is 22.6 Å². The van der Waals surface area contributed by atoms with Crippen LogP contribution in [-0.2, 0) is 6.54 Å². The third-order valence-electron chi connectivity index (χ3n) is 4.56. The van der Waals surface area contributed by atoms with Crippen LogP contribution in [0.25, 0.3) is 11.0 Å². The Morgan fingerprint density at radius 2 is 1.97 bits per heavy atom. The van der Waals surface area contributed by atoms with Crippen molar-refractivity contribution in [3.8, 4) is 5.75 Å². The maximum Gasteiger partial charge on any atom is 0.287 e. The third-order valence-corrected chi connectivity index (χ3v) is 4.81. The second-order valence-corrected chi connectivity index (χ2v) is 7.02. The lowest BCUT2D eigenvalue weighted by Gasteiger charge is -2.16. The van der Waals surface area contributed by atoms with E-state index in [-0.39, 0.29) is 17.7 Å². The number of hydrogen-bond donors (Lipinski definition) is 1. The van der Waals surface area contributed by atoms with Crippen molar-refractivity contribution < 1.29 is 13.9 Å². The maximum absolute atomic E-state index is 12.4. The summed E-state index contributed by atoms with van der Waals surface area (Å²) in [4.78, 5) is 17.1. The van der Waals surface area contributed by atoms with Crippen LogP contribution in [0, 0.1) is 0 Å². The molecule has 1 N–H and O–H groups in total. The lowest BCUT2D eigenvalue weighted by molar-refractivity contribution is 0.0909. The Morgan fingerprint density at radius 1 is 1.17 bits per heavy atom. The van der Waals surface area contributed by atoms with E-state index in [1.165, 1.54) is 6.26 Å². The SMILES string of the molecule is CC(NC(=O)c1ccco1)c1nc2ccccc2n1CCOc1ccc(Cl)cc1. The fraction of sp³-hybridized carbons (Fsp3) is 0.182. The van der Waals surface area contributed by atoms with E-state index in [2.05, 4.69) is 9.88 Å². The van der Waals surface area contributed by atoms with Crippen LogP contribution in [0.2, 0.25) is 5.02 Å². The van der Waals surface area contributed by atoms with Gasteiger partial charge in [0.05, 0.1) is 29.9 Å². The summed E-state index contributed by atoms with van der Waals surface area (Å²) in [6.07, 6.45) is 1.48. The van der Waals surface area contributed by atoms with Gasteiger partial charge in [0.2, 0.25) is 0 Å². The van der Waals surface area contributed by atoms with Crippen molar-refractivity contribution in [2.24, 2.45) is 0 Å². The van der Waals surface area contributed by atoms with Crippen LogP contribution >= 0.6 is 11.6 Å². The number of ether oxygens (including phenoxy) is 1. The molecular formula is C22H20ClN3O3. The van der Waals surface area contributed by atoms with E-state index in [1.54, 1.807) is 24.3 Å². The number of furan rings is 1. The van der Waals surface area contributed by atoms with Crippen LogP contribution in [-0.4, -0.2) is 22.1 Å². The normalized spacial score (nSPS) is 12.1. The fourth-order valence-corrected chi connectivity index (χ4v) is 3.31. The van der Waals surface area contributed by atoms with Gasteiger partial charge in [0, 0.05) is 5.02 Å². The number of fused-ring (bicyclic) bond motifs is 1. The molecule has 0 fully saturated rings. The molecule has 0 saturated carbocycles. The fourth-order valence-electron chi connectivity index (χ4n) is 3.19. The van der Waals surface area contributed by atoms with Crippen molar-refractivity contribution in [2.45, 2.75) is 19.5 Å². The van der Waals surface area contributed by atoms with Crippen molar-refractivity contribution in [2.75, 3.05) is 6.61 Å². The number of amides is 1. The highest BCUT2D eigenvalue weighted by Crippen LogP contribution is 2.22. The van der Waals surface area contributed by atoms with E-state index >= 15 is 0 Å². The van der Waals surface area contributed by atoms with E-state index in [1.807, 2.05) is 43.3 Å². The molecule has 0 aliphatic rings. The quantitative estimate of drug-likeness (QED) is 0.473. The first-order valence-electron chi connectivity index (χ1n) is 9.30. The molecule has 1 amide bonds. The Labute approximate surface area is 173 Å². The maximum atomic E-state index is 12.4. The molecule has 0 spiro atoms. The van der Waals surface area contributed by atoms with Crippen LogP contribution in [0.5, 0.6) is 5.75 Å². The molecular weight excluding hydrogens is 390 g/mol. The van der Waals surface area contributed by atoms with Gasteiger partial charge in [-0.25, -0.2) is 4.98 Å². The molecule has 2 heterocycles. The zero-order valence-electron chi connectivity index (χ0n) is 15.8. The zero-order valence-corrected chi connectivity index (χ0v) is 16.6. The predicted octanol–water partition coefficient (Wildman–Crippen LogP) is 4.85. The van der Waals surface area contributed by atoms with Crippen molar-refractivity contribution in [3.63, 3.8) is 0 Å². The van der Waals surface area contributed by atoms with Gasteiger partial charge < -0.3 is 19.0 Å². The van der Waals surface area contributed by atoms with Crippen LogP contribution in [0.3, 0.4) is 0 Å². The van der Waals surface area contributed by atoms with Gasteiger partial charge in [0.15, 0.2) is 5.76 Å². The molecule has 29 heavy (non-hydrogen) atoms. The van der Waals surface area contributed by atoms with Crippen LogP contribution in [0.15, 0.2) is 71.3 Å². The number of nitrogens with zero attached hydrogens (tertiary/aromatic N) is 2. The minimum atomic E-state index is -0.310. The van der Waals surface area contributed by atoms with Crippen molar-refractivity contribution >= 4 is 28.5 Å². The molecule has 0 saturated heterocycles. The number of rotatable bonds is 7. The monoisotopic (exact) mass is 409 g/mol. The summed E-state index contributed by atoms with van der Waals surface area (Å²) < 4.78 is 13.1. The molecule has 7 heteroatoms. The largest absolute Gasteiger partial charge is 0.492 e. The second kappa shape index (κ2) is 8.41. The summed E-state index contributed by atoms with van der Waals surface area (Å²) in [7, 11) is 0. The van der Waals surface area contributed by atoms with Crippen molar-refractivity contribution in [1.82, 2.24) is 14.9 Å². The van der Waals surface area contributed by atoms with Gasteiger partial charge in [-0.15, -0.1) is 0 Å². The molecule has 6 nitrogen and oxygen atoms in total. The summed E-state index contributed by atoms with van der Waals surface area (Å²) in [5.41, 5.74) is 1.86. The van der Waals surface area contributed by atoms with Crippen molar-refractivity contribution in [3.05, 3.63) is 83.5 Å². The number of carbonyl (C=O) groups is 1. The Balaban J connectivity index is 1.53. The first kappa shape index (κ1) is 19.1. The molecule has 148 valence electrons. The van der Waals surface area contributed by atoms with Gasteiger partial charge in [-0.05, 0) is 55.5 Å². The number of para-hydroxylation sites is 2. The number of carbonyl (C=O) groups excluding carboxylic acids is 1. The molecule has 0 aliphatic carbocycles. The van der Waals surface area contributed by atoms with Crippen molar-refractivity contribution in [1.29, 1.82) is 0 Å². The lowest BCUT2D eigenvalue weighted by Crippen LogP contribution is -2.28. The number of hydrogen-bond acceptors (Lipinski definition) is 4. The average Bonchev–Trinajstić information content (AvgIpc) is 3.38. The molecule has 2 aromatic heterocycles. The van der Waals surface area contributed by atoms with Crippen LogP contribution in [0.4, 0.5) is 0 Å². The summed E-state index contributed by atoms with van der Waals surface area (Å²) in [5, 5.41) is 3.61. The molecule has 0 radical (unpaired) electrons. The predicted molar refractivity (Wildman–Crippen MR) is 111 cm³/mol. The van der Waals surface area contributed by atoms with Crippen LogP contribution in [0.1, 0.15) is 29.3 Å². The van der Waals surface area contributed by atoms with Gasteiger partial charge in [0.1, 0.15) is 18.2 Å². The lowest BCUT2D eigenvalue weighted by atomic mass is 10.3. The van der Waals surface area contributed by atoms with Gasteiger partial charge in [0.25, 0.3) is 5.91 Å². The zero-order chi connectivity index (χ0) is 20.2. The smallest absolute Gasteiger partial charge is 0.287 e. The summed E-state index contributed by atoms with van der Waals surface area (Å²) in [5.74, 6) is 1.49. The standard InChI is InChI=1S/C22H20ClN3O3/c1-15(24-22(27)20-7-4-13-29-20)21-25-18-5-2-3-6-19(18)26(21)12-14-28-17-10-8-16(23)9-11-17/h2-11,13,15H,12,14H2,1H3,(H,24,27). The molecule has 1 unspecified atom stereocenters. The molecule has 2 aromatic carbocycles. The number of halogens is 1. The minimum Gasteiger partial charge on any atom is -0.492 e. The van der Waals surface area contributed by atoms with Gasteiger partial charge in [-0.1, -0.05) is 23.7 Å². The van der Waals surface area contributed by atoms with Gasteiger partial charge in [-0.3, -0.25) is 4.79 Å². The molecule has 0 aliphatic heterocycles. The van der Waals surface area contributed by atoms with Gasteiger partial charge >= 0.3 is 0 Å². The van der Waals surface area contributed by atoms with Gasteiger partial charge in [-0.2, -0.15) is 0 Å². The van der Waals surface area contributed by atoms with Crippen LogP contribution < -0.4 is 10.1 Å². The Bertz CT molecular complexity index is 1100. The number of nitrogens with one attached hydrogen (secondary N) is 1. The summed E-state index contributed by atoms with van der Waals surface area (Å²) in [6.45, 7) is 2.94. The number of aromatic nitrogens is 2. The average molecular weight is 410 g/mol. The highest BCUT2D eigenvalue weighted by atomic mass is 35.5. The molecule has 0 bridgehead atoms. The van der Waals surface area contributed by atoms with E-state index in [9.17, 15) is 4.79 Å². The minimum absolute atomic E-state index is 0.269.